The van der Waals surface area contributed by atoms with Gasteiger partial charge in [0.15, 0.2) is 11.5 Å². The first-order valence-corrected chi connectivity index (χ1v) is 13.2. The van der Waals surface area contributed by atoms with E-state index < -0.39 is 0 Å². The molecule has 0 bridgehead atoms. The maximum absolute atomic E-state index is 11.5. The molecule has 0 unspecified atom stereocenters. The number of nitrogens with one attached hydrogen (secondary N) is 1. The fraction of sp³-hybridized carbons (Fsp3) is 0.464. The molecule has 206 valence electrons. The van der Waals surface area contributed by atoms with Gasteiger partial charge in [-0.15, -0.1) is 0 Å². The van der Waals surface area contributed by atoms with E-state index in [-0.39, 0.29) is 23.7 Å². The van der Waals surface area contributed by atoms with Gasteiger partial charge in [-0.3, -0.25) is 14.5 Å². The Balaban J connectivity index is 1.37. The summed E-state index contributed by atoms with van der Waals surface area (Å²) < 4.78 is 16.0. The monoisotopic (exact) mass is 532 g/mol. The van der Waals surface area contributed by atoms with Crippen LogP contribution in [0.15, 0.2) is 36.7 Å². The summed E-state index contributed by atoms with van der Waals surface area (Å²) in [6.45, 7) is 11.3. The second-order valence-corrected chi connectivity index (χ2v) is 11.2. The number of carbonyl (C=O) groups excluding carboxylic acids is 1. The van der Waals surface area contributed by atoms with Gasteiger partial charge in [-0.2, -0.15) is 10.1 Å². The lowest BCUT2D eigenvalue weighted by Crippen LogP contribution is -2.42. The molecular weight excluding hydrogens is 496 g/mol. The summed E-state index contributed by atoms with van der Waals surface area (Å²) in [7, 11) is 4.04. The van der Waals surface area contributed by atoms with E-state index in [4.69, 9.17) is 14.6 Å². The Labute approximate surface area is 228 Å². The van der Waals surface area contributed by atoms with Gasteiger partial charge in [0.2, 0.25) is 5.95 Å². The van der Waals surface area contributed by atoms with E-state index in [0.29, 0.717) is 41.2 Å². The third-order valence-electron chi connectivity index (χ3n) is 6.67. The molecule has 0 spiro atoms. The lowest BCUT2D eigenvalue weighted by molar-refractivity contribution is -0.116. The Bertz CT molecular complexity index is 1490. The zero-order chi connectivity index (χ0) is 27.7. The molecule has 1 aliphatic rings. The van der Waals surface area contributed by atoms with Gasteiger partial charge >= 0.3 is 0 Å². The van der Waals surface area contributed by atoms with E-state index >= 15 is 0 Å². The molecule has 11 heteroatoms. The van der Waals surface area contributed by atoms with Crippen LogP contribution in [0.4, 0.5) is 11.8 Å². The Kier molecular flexibility index (Phi) is 7.37. The molecule has 0 saturated carbocycles. The van der Waals surface area contributed by atoms with Crippen molar-refractivity contribution in [2.45, 2.75) is 52.2 Å². The minimum Gasteiger partial charge on any atom is -0.456 e. The molecule has 39 heavy (non-hydrogen) atoms. The second kappa shape index (κ2) is 10.7. The van der Waals surface area contributed by atoms with E-state index in [0.717, 1.165) is 30.9 Å². The van der Waals surface area contributed by atoms with Crippen LogP contribution in [0.1, 0.15) is 39.1 Å². The Morgan fingerprint density at radius 2 is 2.00 bits per heavy atom. The number of morpholine rings is 1. The minimum absolute atomic E-state index is 0.0482. The first-order valence-electron chi connectivity index (χ1n) is 13.2. The quantitative estimate of drug-likeness (QED) is 0.361. The number of fused-ring (bicyclic) bond motifs is 1. The number of imidazole rings is 1. The summed E-state index contributed by atoms with van der Waals surface area (Å²) in [4.78, 5) is 27.2. The first-order chi connectivity index (χ1) is 18.5. The average Bonchev–Trinajstić information content (AvgIpc) is 3.40. The Morgan fingerprint density at radius 3 is 2.74 bits per heavy atom. The predicted octanol–water partition coefficient (Wildman–Crippen LogP) is 3.86. The molecule has 11 nitrogen and oxygen atoms in total. The van der Waals surface area contributed by atoms with Gasteiger partial charge < -0.3 is 24.3 Å². The van der Waals surface area contributed by atoms with Crippen LogP contribution < -0.4 is 10.1 Å². The third-order valence-corrected chi connectivity index (χ3v) is 6.67. The highest BCUT2D eigenvalue weighted by atomic mass is 16.5. The maximum Gasteiger partial charge on any atom is 0.210 e. The summed E-state index contributed by atoms with van der Waals surface area (Å²) in [5.74, 6) is 2.55. The summed E-state index contributed by atoms with van der Waals surface area (Å²) in [5.41, 5.74) is 3.09. The summed E-state index contributed by atoms with van der Waals surface area (Å²) in [6, 6.07) is 7.49. The number of likely N-dealkylation sites (N-methyl/N-ethyl adjacent to an activating group) is 1. The largest absolute Gasteiger partial charge is 0.456 e. The number of nitrogens with zero attached hydrogens (tertiary/aromatic N) is 7. The summed E-state index contributed by atoms with van der Waals surface area (Å²) in [6.07, 6.45) is 3.63. The zero-order valence-corrected chi connectivity index (χ0v) is 23.4. The average molecular weight is 533 g/mol. The van der Waals surface area contributed by atoms with E-state index in [1.54, 1.807) is 31.5 Å². The molecule has 5 rings (SSSR count). The van der Waals surface area contributed by atoms with Crippen LogP contribution in [0.25, 0.3) is 11.2 Å². The second-order valence-electron chi connectivity index (χ2n) is 11.2. The van der Waals surface area contributed by atoms with Crippen LogP contribution >= 0.6 is 0 Å². The van der Waals surface area contributed by atoms with Gasteiger partial charge in [-0.25, -0.2) is 4.98 Å². The normalized spacial score (nSPS) is 16.5. The standard InChI is InChI=1S/C28H36N8O3/c1-18(37)11-19-12-20(7-8-29-19)39-21-13-23-26(30-15-21)32-27(35(23)6)31-25-14-24(28(2,3)4)36(33-25)17-22-16-34(5)9-10-38-22/h7-8,12-15,22H,9-11,16-17H2,1-6H3,(H,30,31,32,33)/t22-/m0/s1. The van der Waals surface area contributed by atoms with Gasteiger partial charge in [0.25, 0.3) is 0 Å². The number of hydrogen-bond acceptors (Lipinski definition) is 9. The van der Waals surface area contributed by atoms with Crippen molar-refractivity contribution in [3.05, 3.63) is 48.0 Å². The van der Waals surface area contributed by atoms with Crippen LogP contribution in [0.5, 0.6) is 11.5 Å². The van der Waals surface area contributed by atoms with Crippen molar-refractivity contribution in [1.82, 2.24) is 34.2 Å². The zero-order valence-electron chi connectivity index (χ0n) is 23.4. The van der Waals surface area contributed by atoms with Gasteiger partial charge in [0, 0.05) is 62.1 Å². The van der Waals surface area contributed by atoms with Crippen molar-refractivity contribution >= 4 is 28.7 Å². The van der Waals surface area contributed by atoms with Crippen LogP contribution in [0.2, 0.25) is 0 Å². The van der Waals surface area contributed by atoms with Crippen molar-refractivity contribution in [2.75, 3.05) is 32.1 Å². The van der Waals surface area contributed by atoms with Crippen LogP contribution in [0.3, 0.4) is 0 Å². The van der Waals surface area contributed by atoms with Gasteiger partial charge in [-0.1, -0.05) is 20.8 Å². The van der Waals surface area contributed by atoms with E-state index in [1.807, 2.05) is 22.4 Å². The molecule has 1 N–H and O–H groups in total. The van der Waals surface area contributed by atoms with Crippen LogP contribution in [-0.2, 0) is 35.0 Å². The molecule has 1 atom stereocenters. The number of aryl methyl sites for hydroxylation is 1. The maximum atomic E-state index is 11.5. The number of rotatable bonds is 8. The van der Waals surface area contributed by atoms with E-state index in [2.05, 4.69) is 59.1 Å². The fourth-order valence-electron chi connectivity index (χ4n) is 4.73. The molecule has 0 radical (unpaired) electrons. The number of pyridine rings is 2. The summed E-state index contributed by atoms with van der Waals surface area (Å²) in [5, 5.41) is 8.27. The molecule has 4 aromatic heterocycles. The number of ether oxygens (including phenoxy) is 2. The van der Waals surface area contributed by atoms with E-state index in [9.17, 15) is 4.79 Å². The van der Waals surface area contributed by atoms with Gasteiger partial charge in [0.05, 0.1) is 36.7 Å². The third kappa shape index (κ3) is 6.26. The van der Waals surface area contributed by atoms with Crippen molar-refractivity contribution < 1.29 is 14.3 Å². The van der Waals surface area contributed by atoms with Crippen LogP contribution in [-0.4, -0.2) is 72.8 Å². The molecule has 5 heterocycles. The Hall–Kier alpha value is -3.83. The molecular formula is C28H36N8O3. The molecule has 1 fully saturated rings. The highest BCUT2D eigenvalue weighted by Gasteiger charge is 2.25. The molecule has 1 saturated heterocycles. The molecule has 0 aromatic carbocycles. The SMILES string of the molecule is CC(=O)Cc1cc(Oc2cnc3nc(Nc4cc(C(C)(C)C)n(C[C@@H]5CN(C)CCO5)n4)n(C)c3c2)ccn1. The number of hydrogen-bond donors (Lipinski definition) is 1. The van der Waals surface area contributed by atoms with Gasteiger partial charge in [0.1, 0.15) is 17.3 Å². The van der Waals surface area contributed by atoms with E-state index in [1.165, 1.54) is 0 Å². The number of anilines is 2. The van der Waals surface area contributed by atoms with Crippen molar-refractivity contribution in [2.24, 2.45) is 7.05 Å². The fourth-order valence-corrected chi connectivity index (χ4v) is 4.73. The Morgan fingerprint density at radius 1 is 1.18 bits per heavy atom. The highest BCUT2D eigenvalue weighted by Crippen LogP contribution is 2.29. The first kappa shape index (κ1) is 26.8. The van der Waals surface area contributed by atoms with Crippen LogP contribution in [0, 0.1) is 0 Å². The topological polar surface area (TPSA) is 112 Å². The molecule has 0 aliphatic carbocycles. The number of carbonyl (C=O) groups is 1. The molecule has 1 aliphatic heterocycles. The van der Waals surface area contributed by atoms with Gasteiger partial charge in [-0.05, 0) is 20.0 Å². The van der Waals surface area contributed by atoms with Crippen molar-refractivity contribution in [3.63, 3.8) is 0 Å². The van der Waals surface area contributed by atoms with Crippen molar-refractivity contribution in [1.29, 1.82) is 0 Å². The highest BCUT2D eigenvalue weighted by molar-refractivity contribution is 5.78. The lowest BCUT2D eigenvalue weighted by Gasteiger charge is -2.31. The molecule has 4 aromatic rings. The minimum atomic E-state index is -0.0924. The predicted molar refractivity (Wildman–Crippen MR) is 149 cm³/mol. The summed E-state index contributed by atoms with van der Waals surface area (Å²) >= 11 is 0. The number of aromatic nitrogens is 6. The number of ketones is 1. The molecule has 0 amide bonds. The lowest BCUT2D eigenvalue weighted by atomic mass is 9.92. The smallest absolute Gasteiger partial charge is 0.210 e. The number of Topliss-reactive ketones (excluding diaryl/α,β-unsaturated/α-hetero) is 1. The van der Waals surface area contributed by atoms with Crippen molar-refractivity contribution in [3.8, 4) is 11.5 Å².